The van der Waals surface area contributed by atoms with Crippen molar-refractivity contribution < 1.29 is 14.6 Å². The summed E-state index contributed by atoms with van der Waals surface area (Å²) in [6, 6.07) is 14.9. The van der Waals surface area contributed by atoms with E-state index in [1.807, 2.05) is 50.2 Å². The molecule has 0 spiro atoms. The molecule has 3 aromatic rings. The van der Waals surface area contributed by atoms with E-state index in [2.05, 4.69) is 10.2 Å². The summed E-state index contributed by atoms with van der Waals surface area (Å²) in [5, 5.41) is 18.9. The summed E-state index contributed by atoms with van der Waals surface area (Å²) in [7, 11) is 0. The van der Waals surface area contributed by atoms with Crippen LogP contribution in [0.2, 0.25) is 0 Å². The number of aryl methyl sites for hydroxylation is 2. The van der Waals surface area contributed by atoms with Gasteiger partial charge in [0.1, 0.15) is 5.75 Å². The standard InChI is InChI=1S/C20H21N3O3/c1-3-12-23-17-7-5-4-6-16(17)19(20(23)25)22-21-18(24)13-26-15-10-8-14(2)9-11-15/h4-11,25H,3,12-13H2,1-2H3. The van der Waals surface area contributed by atoms with E-state index in [-0.39, 0.29) is 12.5 Å². The minimum absolute atomic E-state index is 0.0176. The van der Waals surface area contributed by atoms with Crippen LogP contribution in [0.4, 0.5) is 5.69 Å². The first-order valence-electron chi connectivity index (χ1n) is 8.54. The minimum atomic E-state index is -0.516. The Labute approximate surface area is 151 Å². The summed E-state index contributed by atoms with van der Waals surface area (Å²) in [5.74, 6) is 0.0999. The van der Waals surface area contributed by atoms with Crippen LogP contribution in [0.15, 0.2) is 58.8 Å². The molecule has 0 aliphatic carbocycles. The van der Waals surface area contributed by atoms with Gasteiger partial charge in [0.05, 0.1) is 5.52 Å². The molecule has 0 aliphatic rings. The number of nitrogens with zero attached hydrogens (tertiary/aromatic N) is 3. The quantitative estimate of drug-likeness (QED) is 0.651. The Morgan fingerprint density at radius 3 is 2.62 bits per heavy atom. The molecule has 0 saturated heterocycles. The maximum atomic E-state index is 12.0. The van der Waals surface area contributed by atoms with Crippen molar-refractivity contribution in [1.82, 2.24) is 4.57 Å². The third kappa shape index (κ3) is 3.74. The first-order chi connectivity index (χ1) is 12.6. The Kier molecular flexibility index (Phi) is 5.31. The monoisotopic (exact) mass is 351 g/mol. The molecule has 0 unspecified atom stereocenters. The zero-order chi connectivity index (χ0) is 18.5. The second-order valence-electron chi connectivity index (χ2n) is 6.04. The summed E-state index contributed by atoms with van der Waals surface area (Å²) < 4.78 is 7.18. The van der Waals surface area contributed by atoms with Crippen LogP contribution in [-0.4, -0.2) is 22.2 Å². The molecule has 6 heteroatoms. The number of carbonyl (C=O) groups is 1. The molecule has 0 radical (unpaired) electrons. The number of azo groups is 1. The van der Waals surface area contributed by atoms with Gasteiger partial charge in [-0.1, -0.05) is 42.8 Å². The Bertz CT molecular complexity index is 943. The highest BCUT2D eigenvalue weighted by Crippen LogP contribution is 2.38. The van der Waals surface area contributed by atoms with Crippen LogP contribution in [0.5, 0.6) is 11.6 Å². The van der Waals surface area contributed by atoms with E-state index in [0.29, 0.717) is 18.0 Å². The van der Waals surface area contributed by atoms with Gasteiger partial charge in [-0.15, -0.1) is 10.2 Å². The molecule has 0 saturated carbocycles. The molecule has 2 aromatic carbocycles. The van der Waals surface area contributed by atoms with Gasteiger partial charge in [0, 0.05) is 11.9 Å². The molecule has 1 heterocycles. The number of carbonyl (C=O) groups excluding carboxylic acids is 1. The van der Waals surface area contributed by atoms with Crippen LogP contribution >= 0.6 is 0 Å². The summed E-state index contributed by atoms with van der Waals surface area (Å²) in [5.41, 5.74) is 2.28. The van der Waals surface area contributed by atoms with Crippen molar-refractivity contribution in [2.75, 3.05) is 6.61 Å². The molecule has 0 atom stereocenters. The molecular weight excluding hydrogens is 330 g/mol. The van der Waals surface area contributed by atoms with Crippen LogP contribution in [0.1, 0.15) is 18.9 Å². The normalized spacial score (nSPS) is 11.3. The van der Waals surface area contributed by atoms with E-state index in [4.69, 9.17) is 4.74 Å². The lowest BCUT2D eigenvalue weighted by atomic mass is 10.2. The Morgan fingerprint density at radius 1 is 1.15 bits per heavy atom. The molecule has 1 aromatic heterocycles. The van der Waals surface area contributed by atoms with Gasteiger partial charge < -0.3 is 14.4 Å². The number of ether oxygens (including phenoxy) is 1. The van der Waals surface area contributed by atoms with E-state index < -0.39 is 5.91 Å². The van der Waals surface area contributed by atoms with Gasteiger partial charge in [-0.2, -0.15) is 0 Å². The van der Waals surface area contributed by atoms with Gasteiger partial charge in [0.15, 0.2) is 12.3 Å². The van der Waals surface area contributed by atoms with Crippen LogP contribution < -0.4 is 4.74 Å². The van der Waals surface area contributed by atoms with E-state index in [9.17, 15) is 9.90 Å². The van der Waals surface area contributed by atoms with Crippen molar-refractivity contribution in [2.24, 2.45) is 10.2 Å². The predicted octanol–water partition coefficient (Wildman–Crippen LogP) is 4.75. The molecule has 6 nitrogen and oxygen atoms in total. The van der Waals surface area contributed by atoms with E-state index >= 15 is 0 Å². The van der Waals surface area contributed by atoms with Crippen molar-refractivity contribution in [2.45, 2.75) is 26.8 Å². The lowest BCUT2D eigenvalue weighted by Gasteiger charge is -2.03. The second kappa shape index (κ2) is 7.82. The fraction of sp³-hybridized carbons (Fsp3) is 0.250. The number of para-hydroxylation sites is 1. The molecule has 0 fully saturated rings. The third-order valence-corrected chi connectivity index (χ3v) is 4.01. The minimum Gasteiger partial charge on any atom is -0.493 e. The summed E-state index contributed by atoms with van der Waals surface area (Å²) in [6.07, 6.45) is 0.867. The Morgan fingerprint density at radius 2 is 1.88 bits per heavy atom. The van der Waals surface area contributed by atoms with Crippen molar-refractivity contribution in [3.05, 3.63) is 54.1 Å². The average Bonchev–Trinajstić information content (AvgIpc) is 2.92. The van der Waals surface area contributed by atoms with Crippen molar-refractivity contribution in [1.29, 1.82) is 0 Å². The van der Waals surface area contributed by atoms with Crippen molar-refractivity contribution in [3.63, 3.8) is 0 Å². The second-order valence-corrected chi connectivity index (χ2v) is 6.04. The molecule has 1 N–H and O–H groups in total. The largest absolute Gasteiger partial charge is 0.493 e. The zero-order valence-corrected chi connectivity index (χ0v) is 14.8. The first kappa shape index (κ1) is 17.7. The fourth-order valence-electron chi connectivity index (χ4n) is 2.73. The Hall–Kier alpha value is -3.15. The van der Waals surface area contributed by atoms with Gasteiger partial charge in [-0.25, -0.2) is 0 Å². The highest BCUT2D eigenvalue weighted by Gasteiger charge is 2.16. The van der Waals surface area contributed by atoms with Gasteiger partial charge >= 0.3 is 5.91 Å². The number of hydrogen-bond donors (Lipinski definition) is 1. The highest BCUT2D eigenvalue weighted by atomic mass is 16.5. The van der Waals surface area contributed by atoms with Crippen molar-refractivity contribution in [3.8, 4) is 11.6 Å². The third-order valence-electron chi connectivity index (χ3n) is 4.01. The van der Waals surface area contributed by atoms with Gasteiger partial charge in [0.2, 0.25) is 5.88 Å². The molecule has 0 aliphatic heterocycles. The first-order valence-corrected chi connectivity index (χ1v) is 8.54. The predicted molar refractivity (Wildman–Crippen MR) is 100 cm³/mol. The number of amides is 1. The molecule has 134 valence electrons. The van der Waals surface area contributed by atoms with Crippen LogP contribution in [-0.2, 0) is 11.3 Å². The van der Waals surface area contributed by atoms with Crippen LogP contribution in [0.3, 0.4) is 0 Å². The van der Waals surface area contributed by atoms with Crippen LogP contribution in [0, 0.1) is 6.92 Å². The number of aromatic hydroxyl groups is 1. The lowest BCUT2D eigenvalue weighted by Crippen LogP contribution is -2.07. The van der Waals surface area contributed by atoms with Gasteiger partial charge in [0.25, 0.3) is 0 Å². The lowest BCUT2D eigenvalue weighted by molar-refractivity contribution is -0.120. The number of hydrogen-bond acceptors (Lipinski definition) is 4. The molecule has 26 heavy (non-hydrogen) atoms. The van der Waals surface area contributed by atoms with Gasteiger partial charge in [-0.05, 0) is 31.5 Å². The van der Waals surface area contributed by atoms with E-state index in [1.165, 1.54) is 0 Å². The maximum Gasteiger partial charge on any atom is 0.302 e. The fourth-order valence-corrected chi connectivity index (χ4v) is 2.73. The molecular formula is C20H21N3O3. The molecule has 0 bridgehead atoms. The molecule has 3 rings (SSSR count). The van der Waals surface area contributed by atoms with Crippen LogP contribution in [0.25, 0.3) is 10.9 Å². The number of rotatable bonds is 6. The highest BCUT2D eigenvalue weighted by molar-refractivity contribution is 5.95. The van der Waals surface area contributed by atoms with E-state index in [1.54, 1.807) is 16.7 Å². The summed E-state index contributed by atoms with van der Waals surface area (Å²) in [6.45, 7) is 4.46. The Balaban J connectivity index is 1.76. The SMILES string of the molecule is CCCn1c(O)c(N=NC(=O)COc2ccc(C)cc2)c2ccccc21. The number of benzene rings is 2. The van der Waals surface area contributed by atoms with Crippen molar-refractivity contribution >= 4 is 22.5 Å². The summed E-state index contributed by atoms with van der Waals surface area (Å²) in [4.78, 5) is 12.0. The summed E-state index contributed by atoms with van der Waals surface area (Å²) >= 11 is 0. The zero-order valence-electron chi connectivity index (χ0n) is 14.8. The smallest absolute Gasteiger partial charge is 0.302 e. The topological polar surface area (TPSA) is 76.2 Å². The van der Waals surface area contributed by atoms with Gasteiger partial charge in [-0.3, -0.25) is 4.79 Å². The molecule has 1 amide bonds. The van der Waals surface area contributed by atoms with E-state index in [0.717, 1.165) is 22.9 Å². The average molecular weight is 351 g/mol. The number of aromatic nitrogens is 1. The number of fused-ring (bicyclic) bond motifs is 1. The maximum absolute atomic E-state index is 12.0.